The predicted octanol–water partition coefficient (Wildman–Crippen LogP) is 1.26. The zero-order valence-electron chi connectivity index (χ0n) is 8.43. The maximum atomic E-state index is 12.3. The fourth-order valence-electron chi connectivity index (χ4n) is 1.28. The van der Waals surface area contributed by atoms with E-state index in [2.05, 4.69) is 9.97 Å². The van der Waals surface area contributed by atoms with Crippen molar-refractivity contribution in [1.82, 2.24) is 14.5 Å². The van der Waals surface area contributed by atoms with E-state index >= 15 is 0 Å². The molecular formula is C8H6F3N3O2S. The Hall–Kier alpha value is -1.64. The molecule has 2 rings (SSSR count). The van der Waals surface area contributed by atoms with Gasteiger partial charge in [-0.1, -0.05) is 0 Å². The summed E-state index contributed by atoms with van der Waals surface area (Å²) in [5, 5.41) is 0. The van der Waals surface area contributed by atoms with Gasteiger partial charge in [-0.05, 0) is 6.07 Å². The van der Waals surface area contributed by atoms with Crippen LogP contribution in [-0.4, -0.2) is 28.5 Å². The summed E-state index contributed by atoms with van der Waals surface area (Å²) in [4.78, 5) is 6.48. The molecule has 0 aliphatic heterocycles. The second-order valence-electron chi connectivity index (χ2n) is 3.32. The van der Waals surface area contributed by atoms with Crippen molar-refractivity contribution in [3.8, 4) is 0 Å². The van der Waals surface area contributed by atoms with Crippen LogP contribution in [0.4, 0.5) is 13.2 Å². The van der Waals surface area contributed by atoms with Crippen molar-refractivity contribution >= 4 is 21.0 Å². The third-order valence-electron chi connectivity index (χ3n) is 2.14. The van der Waals surface area contributed by atoms with Crippen molar-refractivity contribution in [3.63, 3.8) is 0 Å². The summed E-state index contributed by atoms with van der Waals surface area (Å²) in [5.74, 6) is 0. The summed E-state index contributed by atoms with van der Waals surface area (Å²) >= 11 is 0. The lowest BCUT2D eigenvalue weighted by molar-refractivity contribution is -0.0436. The first-order chi connectivity index (χ1) is 7.73. The molecule has 0 unspecified atom stereocenters. The van der Waals surface area contributed by atoms with Crippen LogP contribution in [0.3, 0.4) is 0 Å². The van der Waals surface area contributed by atoms with Gasteiger partial charge in [0, 0.05) is 13.2 Å². The summed E-state index contributed by atoms with van der Waals surface area (Å²) in [6, 6.07) is 0.852. The SMILES string of the molecule is Cn1cnc2cc(S(=O)(=O)C(F)(F)F)cnc21. The van der Waals surface area contributed by atoms with Gasteiger partial charge in [0.1, 0.15) is 5.52 Å². The minimum absolute atomic E-state index is 0.0952. The van der Waals surface area contributed by atoms with E-state index in [0.29, 0.717) is 11.8 Å². The first kappa shape index (κ1) is 11.8. The van der Waals surface area contributed by atoms with Crippen LogP contribution in [0, 0.1) is 0 Å². The number of fused-ring (bicyclic) bond motifs is 1. The number of pyridine rings is 1. The Bertz CT molecular complexity index is 675. The number of nitrogens with zero attached hydrogens (tertiary/aromatic N) is 3. The smallest absolute Gasteiger partial charge is 0.318 e. The van der Waals surface area contributed by atoms with E-state index < -0.39 is 20.2 Å². The topological polar surface area (TPSA) is 64.8 Å². The highest BCUT2D eigenvalue weighted by atomic mass is 32.2. The van der Waals surface area contributed by atoms with Crippen molar-refractivity contribution in [1.29, 1.82) is 0 Å². The highest BCUT2D eigenvalue weighted by Gasteiger charge is 2.47. The number of imidazole rings is 1. The maximum Gasteiger partial charge on any atom is 0.501 e. The standard InChI is InChI=1S/C8H6F3N3O2S/c1-14-4-13-6-2-5(3-12-7(6)14)17(15,16)8(9,10)11/h2-4H,1H3. The largest absolute Gasteiger partial charge is 0.501 e. The van der Waals surface area contributed by atoms with E-state index in [-0.39, 0.29) is 5.52 Å². The minimum atomic E-state index is -5.37. The van der Waals surface area contributed by atoms with E-state index in [4.69, 9.17) is 0 Å². The summed E-state index contributed by atoms with van der Waals surface area (Å²) in [6.45, 7) is 0. The second kappa shape index (κ2) is 3.42. The number of hydrogen-bond acceptors (Lipinski definition) is 4. The van der Waals surface area contributed by atoms with Gasteiger partial charge in [-0.2, -0.15) is 13.2 Å². The first-order valence-electron chi connectivity index (χ1n) is 4.32. The lowest BCUT2D eigenvalue weighted by Crippen LogP contribution is -2.23. The molecule has 0 spiro atoms. The summed E-state index contributed by atoms with van der Waals surface area (Å²) in [7, 11) is -3.77. The molecule has 0 aliphatic carbocycles. The summed E-state index contributed by atoms with van der Waals surface area (Å²) < 4.78 is 60.5. The molecule has 2 aromatic heterocycles. The van der Waals surface area contributed by atoms with Gasteiger partial charge in [-0.3, -0.25) is 0 Å². The fourth-order valence-corrected chi connectivity index (χ4v) is 2.00. The van der Waals surface area contributed by atoms with E-state index in [0.717, 1.165) is 6.07 Å². The summed E-state index contributed by atoms with van der Waals surface area (Å²) in [5.41, 5.74) is -4.93. The zero-order valence-corrected chi connectivity index (χ0v) is 9.25. The minimum Gasteiger partial charge on any atom is -0.318 e. The number of halogens is 3. The molecule has 0 aromatic carbocycles. The average molecular weight is 265 g/mol. The molecule has 0 bridgehead atoms. The van der Waals surface area contributed by atoms with Crippen LogP contribution >= 0.6 is 0 Å². The van der Waals surface area contributed by atoms with Gasteiger partial charge < -0.3 is 4.57 Å². The van der Waals surface area contributed by atoms with Crippen molar-refractivity contribution in [2.75, 3.05) is 0 Å². The van der Waals surface area contributed by atoms with Gasteiger partial charge in [0.2, 0.25) is 0 Å². The van der Waals surface area contributed by atoms with Crippen molar-refractivity contribution in [2.24, 2.45) is 7.05 Å². The van der Waals surface area contributed by atoms with Crippen LogP contribution < -0.4 is 0 Å². The maximum absolute atomic E-state index is 12.3. The van der Waals surface area contributed by atoms with Crippen molar-refractivity contribution in [3.05, 3.63) is 18.6 Å². The molecule has 2 heterocycles. The third kappa shape index (κ3) is 1.75. The molecule has 0 saturated carbocycles. The van der Waals surface area contributed by atoms with Gasteiger partial charge in [0.15, 0.2) is 5.65 Å². The van der Waals surface area contributed by atoms with Gasteiger partial charge in [0.25, 0.3) is 9.84 Å². The average Bonchev–Trinajstić information content (AvgIpc) is 2.58. The number of aromatic nitrogens is 3. The van der Waals surface area contributed by atoms with Gasteiger partial charge >= 0.3 is 5.51 Å². The van der Waals surface area contributed by atoms with Crippen LogP contribution in [0.25, 0.3) is 11.2 Å². The second-order valence-corrected chi connectivity index (χ2v) is 5.26. The van der Waals surface area contributed by atoms with E-state index in [1.807, 2.05) is 0 Å². The van der Waals surface area contributed by atoms with Gasteiger partial charge in [0.05, 0.1) is 11.2 Å². The Morgan fingerprint density at radius 3 is 2.53 bits per heavy atom. The van der Waals surface area contributed by atoms with Crippen LogP contribution in [0.15, 0.2) is 23.5 Å². The Kier molecular flexibility index (Phi) is 2.38. The highest BCUT2D eigenvalue weighted by Crippen LogP contribution is 2.30. The zero-order chi connectivity index (χ0) is 12.8. The Labute approximate surface area is 93.8 Å². The van der Waals surface area contributed by atoms with Crippen LogP contribution in [0.5, 0.6) is 0 Å². The molecule has 0 aliphatic rings. The molecule has 0 saturated heterocycles. The van der Waals surface area contributed by atoms with Crippen LogP contribution in [-0.2, 0) is 16.9 Å². The van der Waals surface area contributed by atoms with Crippen molar-refractivity contribution < 1.29 is 21.6 Å². The highest BCUT2D eigenvalue weighted by molar-refractivity contribution is 7.92. The number of aryl methyl sites for hydroxylation is 1. The molecule has 0 amide bonds. The lowest BCUT2D eigenvalue weighted by atomic mass is 10.4. The first-order valence-corrected chi connectivity index (χ1v) is 5.80. The van der Waals surface area contributed by atoms with Crippen LogP contribution in [0.1, 0.15) is 0 Å². The molecular weight excluding hydrogens is 259 g/mol. The molecule has 0 fully saturated rings. The molecule has 2 aromatic rings. The molecule has 0 atom stereocenters. The Morgan fingerprint density at radius 2 is 1.94 bits per heavy atom. The quantitative estimate of drug-likeness (QED) is 0.778. The number of rotatable bonds is 1. The monoisotopic (exact) mass is 265 g/mol. The molecule has 17 heavy (non-hydrogen) atoms. The normalized spacial score (nSPS) is 13.2. The number of alkyl halides is 3. The number of hydrogen-bond donors (Lipinski definition) is 0. The Balaban J connectivity index is 2.66. The van der Waals surface area contributed by atoms with Crippen LogP contribution in [0.2, 0.25) is 0 Å². The molecule has 0 N–H and O–H groups in total. The van der Waals surface area contributed by atoms with E-state index in [9.17, 15) is 21.6 Å². The predicted molar refractivity (Wildman–Crippen MR) is 51.7 cm³/mol. The molecule has 92 valence electrons. The van der Waals surface area contributed by atoms with Gasteiger partial charge in [-0.25, -0.2) is 18.4 Å². The molecule has 5 nitrogen and oxygen atoms in total. The lowest BCUT2D eigenvalue weighted by Gasteiger charge is -2.07. The van der Waals surface area contributed by atoms with Gasteiger partial charge in [-0.15, -0.1) is 0 Å². The number of sulfone groups is 1. The van der Waals surface area contributed by atoms with E-state index in [1.54, 1.807) is 7.05 Å². The Morgan fingerprint density at radius 1 is 1.29 bits per heavy atom. The van der Waals surface area contributed by atoms with Crippen molar-refractivity contribution in [2.45, 2.75) is 10.4 Å². The third-order valence-corrected chi connectivity index (χ3v) is 3.59. The summed E-state index contributed by atoms with van der Waals surface area (Å²) in [6.07, 6.45) is 2.01. The van der Waals surface area contributed by atoms with E-state index in [1.165, 1.54) is 10.9 Å². The fraction of sp³-hybridized carbons (Fsp3) is 0.250. The molecule has 0 radical (unpaired) electrons. The molecule has 9 heteroatoms.